The molecule has 5 aliphatic heterocycles. The van der Waals surface area contributed by atoms with E-state index in [1.807, 2.05) is 23.2 Å². The number of anilines is 4. The molecule has 0 amide bonds. The van der Waals surface area contributed by atoms with Crippen molar-refractivity contribution in [3.8, 4) is 5.75 Å². The van der Waals surface area contributed by atoms with Crippen molar-refractivity contribution >= 4 is 23.1 Å². The van der Waals surface area contributed by atoms with Gasteiger partial charge in [0.1, 0.15) is 11.4 Å². The van der Waals surface area contributed by atoms with Gasteiger partial charge in [0.2, 0.25) is 12.1 Å². The number of piperidine rings is 1. The van der Waals surface area contributed by atoms with Crippen molar-refractivity contribution in [2.45, 2.75) is 81.8 Å². The van der Waals surface area contributed by atoms with Crippen LogP contribution in [0, 0.1) is 5.82 Å². The van der Waals surface area contributed by atoms with E-state index in [0.717, 1.165) is 49.4 Å². The molecule has 1 aromatic carbocycles. The van der Waals surface area contributed by atoms with E-state index in [0.29, 0.717) is 25.2 Å². The normalized spacial score (nSPS) is 28.7. The summed E-state index contributed by atoms with van der Waals surface area (Å²) in [4.78, 5) is 11.3. The number of rotatable bonds is 4. The largest absolute Gasteiger partial charge is 0.480 e. The number of hydrogen-bond acceptors (Lipinski definition) is 11. The van der Waals surface area contributed by atoms with Crippen LogP contribution in [-0.2, 0) is 4.74 Å². The molecule has 1 spiro atoms. The van der Waals surface area contributed by atoms with Crippen LogP contribution in [0.4, 0.5) is 27.5 Å². The van der Waals surface area contributed by atoms with E-state index in [1.54, 1.807) is 0 Å². The van der Waals surface area contributed by atoms with E-state index in [1.165, 1.54) is 19.0 Å². The van der Waals surface area contributed by atoms with E-state index in [2.05, 4.69) is 55.2 Å². The number of hydrogen-bond donors (Lipinski definition) is 3. The van der Waals surface area contributed by atoms with Gasteiger partial charge in [0.15, 0.2) is 17.2 Å². The molecule has 38 heavy (non-hydrogen) atoms. The average molecular weight is 524 g/mol. The van der Waals surface area contributed by atoms with Gasteiger partial charge in [0, 0.05) is 36.2 Å². The maximum atomic E-state index is 14.8. The summed E-state index contributed by atoms with van der Waals surface area (Å²) >= 11 is 0. The molecular formula is C26H34FN9O2. The van der Waals surface area contributed by atoms with Crippen LogP contribution in [0.2, 0.25) is 0 Å². The van der Waals surface area contributed by atoms with Crippen molar-refractivity contribution in [2.24, 2.45) is 10.3 Å². The van der Waals surface area contributed by atoms with Crippen LogP contribution < -0.4 is 25.9 Å². The quantitative estimate of drug-likeness (QED) is 0.544. The topological polar surface area (TPSA) is 112 Å². The first-order valence-electron chi connectivity index (χ1n) is 13.6. The molecule has 3 N–H and O–H groups in total. The lowest BCUT2D eigenvalue weighted by Gasteiger charge is -2.47. The number of nitrogens with one attached hydrogen (secondary N) is 3. The van der Waals surface area contributed by atoms with Gasteiger partial charge in [-0.3, -0.25) is 4.90 Å². The molecule has 7 rings (SSSR count). The van der Waals surface area contributed by atoms with Crippen molar-refractivity contribution in [1.82, 2.24) is 20.4 Å². The highest BCUT2D eigenvalue weighted by molar-refractivity contribution is 5.70. The minimum absolute atomic E-state index is 0.0795. The second-order valence-electron chi connectivity index (χ2n) is 11.6. The third kappa shape index (κ3) is 4.01. The summed E-state index contributed by atoms with van der Waals surface area (Å²) in [5.41, 5.74) is 4.18. The Kier molecular flexibility index (Phi) is 5.59. The maximum absolute atomic E-state index is 14.8. The fraction of sp³-hybridized carbons (Fsp3) is 0.615. The molecule has 0 saturated carbocycles. The van der Waals surface area contributed by atoms with Crippen LogP contribution in [-0.4, -0.2) is 64.0 Å². The van der Waals surface area contributed by atoms with E-state index >= 15 is 0 Å². The maximum Gasteiger partial charge on any atom is 0.229 e. The molecule has 0 bridgehead atoms. The van der Waals surface area contributed by atoms with Crippen molar-refractivity contribution < 1.29 is 13.9 Å². The lowest BCUT2D eigenvalue weighted by Crippen LogP contribution is -2.61. The first kappa shape index (κ1) is 23.8. The van der Waals surface area contributed by atoms with Crippen LogP contribution in [0.15, 0.2) is 34.7 Å². The van der Waals surface area contributed by atoms with Crippen LogP contribution in [0.3, 0.4) is 0 Å². The Labute approximate surface area is 221 Å². The Balaban J connectivity index is 1.10. The summed E-state index contributed by atoms with van der Waals surface area (Å²) in [6, 6.07) is 6.47. The van der Waals surface area contributed by atoms with Crippen LogP contribution in [0.5, 0.6) is 5.75 Å². The summed E-state index contributed by atoms with van der Waals surface area (Å²) in [6.07, 6.45) is 6.79. The zero-order chi connectivity index (χ0) is 25.9. The molecular weight excluding hydrogens is 489 g/mol. The number of nitrogens with zero attached hydrogens (tertiary/aromatic N) is 6. The first-order valence-corrected chi connectivity index (χ1v) is 13.6. The minimum Gasteiger partial charge on any atom is -0.480 e. The predicted molar refractivity (Wildman–Crippen MR) is 140 cm³/mol. The molecule has 3 saturated heterocycles. The molecule has 12 heteroatoms. The summed E-state index contributed by atoms with van der Waals surface area (Å²) in [6.45, 7) is 6.98. The zero-order valence-corrected chi connectivity index (χ0v) is 21.8. The van der Waals surface area contributed by atoms with Gasteiger partial charge in [-0.05, 0) is 64.3 Å². The van der Waals surface area contributed by atoms with Crippen molar-refractivity contribution in [3.63, 3.8) is 0 Å². The molecule has 3 atom stereocenters. The predicted octanol–water partition coefficient (Wildman–Crippen LogP) is 4.14. The SMILES string of the molecule is CC1(C)C[C@H](Nc2nc(Nc3ccc4c(c3)N3NN=NC3C3(CCOCC3)O4)ncc2F)C[C@@H]2CCCN21. The molecule has 0 aliphatic carbocycles. The second-order valence-corrected chi connectivity index (χ2v) is 11.6. The van der Waals surface area contributed by atoms with E-state index in [4.69, 9.17) is 9.47 Å². The van der Waals surface area contributed by atoms with E-state index < -0.39 is 11.4 Å². The Hall–Kier alpha value is -3.25. The Morgan fingerprint density at radius 1 is 1.21 bits per heavy atom. The minimum atomic E-state index is -0.475. The smallest absolute Gasteiger partial charge is 0.229 e. The van der Waals surface area contributed by atoms with Gasteiger partial charge in [-0.2, -0.15) is 10.5 Å². The molecule has 2 aromatic rings. The summed E-state index contributed by atoms with van der Waals surface area (Å²) in [7, 11) is 0. The number of halogens is 1. The van der Waals surface area contributed by atoms with Crippen LogP contribution >= 0.6 is 0 Å². The Morgan fingerprint density at radius 2 is 2.08 bits per heavy atom. The standard InChI is InChI=1S/C26H34FN9O2/c1-25(2)14-17(12-18-4-3-9-35(18)25)29-22-19(27)15-28-24(31-22)30-16-5-6-21-20(13-16)36-23(32-33-34-36)26(38-21)7-10-37-11-8-26/h5-6,13,15,17-18,23H,3-4,7-12,14H2,1-2H3,(H,32,34)(H2,28,29,30,31)/t17-,18+,23?/m1/s1. The zero-order valence-electron chi connectivity index (χ0n) is 21.8. The highest BCUT2D eigenvalue weighted by atomic mass is 19.1. The van der Waals surface area contributed by atoms with Crippen molar-refractivity contribution in [2.75, 3.05) is 35.4 Å². The van der Waals surface area contributed by atoms with E-state index in [9.17, 15) is 4.39 Å². The average Bonchev–Trinajstić information content (AvgIpc) is 3.58. The molecule has 5 aliphatic rings. The summed E-state index contributed by atoms with van der Waals surface area (Å²) in [5.74, 6) is 0.854. The summed E-state index contributed by atoms with van der Waals surface area (Å²) in [5, 5.41) is 17.1. The third-order valence-electron chi connectivity index (χ3n) is 8.70. The van der Waals surface area contributed by atoms with Gasteiger partial charge in [0.25, 0.3) is 0 Å². The van der Waals surface area contributed by atoms with Crippen LogP contribution in [0.1, 0.15) is 52.4 Å². The fourth-order valence-electron chi connectivity index (χ4n) is 6.95. The van der Waals surface area contributed by atoms with Crippen LogP contribution in [0.25, 0.3) is 0 Å². The first-order chi connectivity index (χ1) is 18.4. The lowest BCUT2D eigenvalue weighted by molar-refractivity contribution is -0.0653. The molecule has 3 fully saturated rings. The highest BCUT2D eigenvalue weighted by Crippen LogP contribution is 2.46. The van der Waals surface area contributed by atoms with Crippen molar-refractivity contribution in [3.05, 3.63) is 30.2 Å². The molecule has 0 radical (unpaired) electrons. The molecule has 6 heterocycles. The van der Waals surface area contributed by atoms with Gasteiger partial charge in [-0.15, -0.1) is 5.11 Å². The van der Waals surface area contributed by atoms with Crippen molar-refractivity contribution in [1.29, 1.82) is 0 Å². The van der Waals surface area contributed by atoms with Gasteiger partial charge in [-0.25, -0.2) is 14.4 Å². The number of benzene rings is 1. The molecule has 11 nitrogen and oxygen atoms in total. The second kappa shape index (κ2) is 8.91. The number of aromatic nitrogens is 2. The third-order valence-corrected chi connectivity index (χ3v) is 8.70. The fourth-order valence-corrected chi connectivity index (χ4v) is 6.95. The highest BCUT2D eigenvalue weighted by Gasteiger charge is 2.52. The molecule has 1 aromatic heterocycles. The molecule has 202 valence electrons. The number of hydrazine groups is 1. The lowest BCUT2D eigenvalue weighted by atomic mass is 9.84. The van der Waals surface area contributed by atoms with Gasteiger partial charge in [-0.1, -0.05) is 5.22 Å². The van der Waals surface area contributed by atoms with E-state index in [-0.39, 0.29) is 23.6 Å². The Morgan fingerprint density at radius 3 is 2.95 bits per heavy atom. The van der Waals surface area contributed by atoms with Gasteiger partial charge in [0.05, 0.1) is 19.4 Å². The number of ether oxygens (including phenoxy) is 2. The Bertz CT molecular complexity index is 1250. The van der Waals surface area contributed by atoms with Gasteiger partial charge >= 0.3 is 0 Å². The summed E-state index contributed by atoms with van der Waals surface area (Å²) < 4.78 is 26.9. The number of fused-ring (bicyclic) bond motifs is 5. The monoisotopic (exact) mass is 523 g/mol. The molecule has 1 unspecified atom stereocenters. The van der Waals surface area contributed by atoms with Gasteiger partial charge < -0.3 is 20.1 Å².